The Kier molecular flexibility index (Phi) is 6.87. The number of aryl methyl sites for hydroxylation is 1. The highest BCUT2D eigenvalue weighted by Gasteiger charge is 2.49. The standard InChI is InChI=1S/C26H33F3N6O/c1-15(18-8-7-9-20(23(18)27)26(28,29)25(3,4)36)31-24-19-12-22(30-13-21(19)32-16(2)33-24)35-11-10-17(14-35)34(5)6/h7-9,12-13,15,17,36H,10-11,14H2,1-6H3,(H,31,32,33)/t15?,17-/m1/s1. The number of aromatic nitrogens is 3. The van der Waals surface area contributed by atoms with Gasteiger partial charge in [0.2, 0.25) is 0 Å². The maximum Gasteiger partial charge on any atom is 0.303 e. The SMILES string of the molecule is Cc1nc(NC(C)c2cccc(C(F)(F)C(C)(C)O)c2F)c2cc(N3CC[C@@H](N(C)C)C3)ncc2n1. The van der Waals surface area contributed by atoms with Crippen molar-refractivity contribution in [3.05, 3.63) is 53.2 Å². The third-order valence-corrected chi connectivity index (χ3v) is 6.85. The van der Waals surface area contributed by atoms with Crippen LogP contribution >= 0.6 is 0 Å². The van der Waals surface area contributed by atoms with E-state index in [1.54, 1.807) is 20.0 Å². The van der Waals surface area contributed by atoms with Gasteiger partial charge >= 0.3 is 5.92 Å². The average molecular weight is 503 g/mol. The lowest BCUT2D eigenvalue weighted by Crippen LogP contribution is -2.41. The molecule has 2 N–H and O–H groups in total. The van der Waals surface area contributed by atoms with Gasteiger partial charge in [-0.05, 0) is 60.3 Å². The number of rotatable bonds is 7. The molecule has 3 aromatic rings. The Morgan fingerprint density at radius 3 is 2.58 bits per heavy atom. The molecule has 1 aromatic carbocycles. The lowest BCUT2D eigenvalue weighted by atomic mass is 9.91. The molecule has 0 amide bonds. The molecule has 3 heterocycles. The molecule has 7 nitrogen and oxygen atoms in total. The first kappa shape index (κ1) is 26.1. The van der Waals surface area contributed by atoms with Gasteiger partial charge in [-0.3, -0.25) is 0 Å². The summed E-state index contributed by atoms with van der Waals surface area (Å²) in [7, 11) is 4.13. The topological polar surface area (TPSA) is 77.4 Å². The molecule has 0 spiro atoms. The summed E-state index contributed by atoms with van der Waals surface area (Å²) in [4.78, 5) is 18.0. The molecular formula is C26H33F3N6O. The first-order valence-electron chi connectivity index (χ1n) is 12.0. The lowest BCUT2D eigenvalue weighted by molar-refractivity contribution is -0.170. The van der Waals surface area contributed by atoms with Gasteiger partial charge in [-0.1, -0.05) is 12.1 Å². The first-order valence-corrected chi connectivity index (χ1v) is 12.0. The fraction of sp³-hybridized carbons (Fsp3) is 0.500. The molecular weight excluding hydrogens is 469 g/mol. The van der Waals surface area contributed by atoms with E-state index in [4.69, 9.17) is 0 Å². The van der Waals surface area contributed by atoms with Crippen LogP contribution in [0.15, 0.2) is 30.5 Å². The number of pyridine rings is 1. The zero-order chi connectivity index (χ0) is 26.4. The highest BCUT2D eigenvalue weighted by molar-refractivity contribution is 5.90. The Balaban J connectivity index is 1.68. The second-order valence-electron chi connectivity index (χ2n) is 10.2. The second-order valence-corrected chi connectivity index (χ2v) is 10.2. The number of alkyl halides is 2. The van der Waals surface area contributed by atoms with Crippen molar-refractivity contribution in [1.82, 2.24) is 19.9 Å². The van der Waals surface area contributed by atoms with Gasteiger partial charge in [-0.25, -0.2) is 19.3 Å². The molecule has 1 aliphatic rings. The summed E-state index contributed by atoms with van der Waals surface area (Å²) in [6.07, 6.45) is 2.73. The van der Waals surface area contributed by atoms with Crippen LogP contribution < -0.4 is 10.2 Å². The Morgan fingerprint density at radius 1 is 1.22 bits per heavy atom. The van der Waals surface area contributed by atoms with E-state index >= 15 is 4.39 Å². The van der Waals surface area contributed by atoms with Gasteiger partial charge in [0, 0.05) is 30.1 Å². The number of halogens is 3. The van der Waals surface area contributed by atoms with Crippen molar-refractivity contribution in [2.75, 3.05) is 37.4 Å². The molecule has 1 aliphatic heterocycles. The number of aliphatic hydroxyl groups is 1. The van der Waals surface area contributed by atoms with Crippen LogP contribution in [0.5, 0.6) is 0 Å². The number of likely N-dealkylation sites (N-methyl/N-ethyl adjacent to an activating group) is 1. The highest BCUT2D eigenvalue weighted by atomic mass is 19.3. The minimum atomic E-state index is -3.77. The largest absolute Gasteiger partial charge is 0.384 e. The fourth-order valence-electron chi connectivity index (χ4n) is 4.53. The van der Waals surface area contributed by atoms with E-state index < -0.39 is 28.9 Å². The Hall–Kier alpha value is -2.98. The summed E-state index contributed by atoms with van der Waals surface area (Å²) in [5, 5.41) is 13.8. The molecule has 194 valence electrons. The lowest BCUT2D eigenvalue weighted by Gasteiger charge is -2.30. The third-order valence-electron chi connectivity index (χ3n) is 6.85. The van der Waals surface area contributed by atoms with Gasteiger partial charge in [0.25, 0.3) is 0 Å². The summed E-state index contributed by atoms with van der Waals surface area (Å²) >= 11 is 0. The summed E-state index contributed by atoms with van der Waals surface area (Å²) < 4.78 is 44.9. The van der Waals surface area contributed by atoms with Crippen LogP contribution in [-0.4, -0.2) is 63.8 Å². The monoisotopic (exact) mass is 502 g/mol. The van der Waals surface area contributed by atoms with E-state index in [0.717, 1.165) is 45.2 Å². The Morgan fingerprint density at radius 2 is 1.94 bits per heavy atom. The van der Waals surface area contributed by atoms with Crippen LogP contribution in [0.4, 0.5) is 24.8 Å². The molecule has 0 bridgehead atoms. The van der Waals surface area contributed by atoms with Gasteiger partial charge in [0.1, 0.15) is 28.9 Å². The number of hydrogen-bond donors (Lipinski definition) is 2. The highest BCUT2D eigenvalue weighted by Crippen LogP contribution is 2.41. The van der Waals surface area contributed by atoms with Crippen molar-refractivity contribution in [3.63, 3.8) is 0 Å². The molecule has 4 rings (SSSR count). The zero-order valence-electron chi connectivity index (χ0n) is 21.5. The van der Waals surface area contributed by atoms with Gasteiger partial charge in [0.05, 0.1) is 23.3 Å². The van der Waals surface area contributed by atoms with E-state index in [0.29, 0.717) is 28.6 Å². The minimum absolute atomic E-state index is 0.0449. The van der Waals surface area contributed by atoms with E-state index in [9.17, 15) is 13.9 Å². The number of anilines is 2. The van der Waals surface area contributed by atoms with E-state index in [1.807, 2.05) is 6.07 Å². The first-order chi connectivity index (χ1) is 16.8. The molecule has 0 saturated carbocycles. The average Bonchev–Trinajstić information content (AvgIpc) is 3.28. The predicted molar refractivity (Wildman–Crippen MR) is 135 cm³/mol. The molecule has 0 aliphatic carbocycles. The van der Waals surface area contributed by atoms with Crippen LogP contribution in [0.2, 0.25) is 0 Å². The normalized spacial score (nSPS) is 17.8. The van der Waals surface area contributed by atoms with Gasteiger partial charge in [-0.15, -0.1) is 0 Å². The Bertz CT molecular complexity index is 1260. The zero-order valence-corrected chi connectivity index (χ0v) is 21.5. The minimum Gasteiger partial charge on any atom is -0.384 e. The van der Waals surface area contributed by atoms with Gasteiger partial charge < -0.3 is 20.2 Å². The summed E-state index contributed by atoms with van der Waals surface area (Å²) in [5.74, 6) is -3.06. The summed E-state index contributed by atoms with van der Waals surface area (Å²) in [5.41, 5.74) is -2.59. The Labute approximate surface area is 209 Å². The predicted octanol–water partition coefficient (Wildman–Crippen LogP) is 4.65. The molecule has 2 aromatic heterocycles. The molecule has 1 saturated heterocycles. The van der Waals surface area contributed by atoms with Crippen LogP contribution in [0.3, 0.4) is 0 Å². The molecule has 1 unspecified atom stereocenters. The quantitative estimate of drug-likeness (QED) is 0.487. The maximum absolute atomic E-state index is 15.3. The fourth-order valence-corrected chi connectivity index (χ4v) is 4.53. The molecule has 10 heteroatoms. The van der Waals surface area contributed by atoms with Crippen LogP contribution in [0, 0.1) is 12.7 Å². The van der Waals surface area contributed by atoms with Gasteiger partial charge in [0.15, 0.2) is 0 Å². The molecule has 2 atom stereocenters. The number of hydrogen-bond acceptors (Lipinski definition) is 7. The van der Waals surface area contributed by atoms with Gasteiger partial charge in [-0.2, -0.15) is 8.78 Å². The number of benzene rings is 1. The van der Waals surface area contributed by atoms with Crippen LogP contribution in [-0.2, 0) is 5.92 Å². The van der Waals surface area contributed by atoms with Crippen molar-refractivity contribution >= 4 is 22.5 Å². The van der Waals surface area contributed by atoms with Crippen LogP contribution in [0.25, 0.3) is 10.9 Å². The molecule has 0 radical (unpaired) electrons. The number of fused-ring (bicyclic) bond motifs is 1. The van der Waals surface area contributed by atoms with Crippen LogP contribution in [0.1, 0.15) is 50.2 Å². The molecule has 36 heavy (non-hydrogen) atoms. The van der Waals surface area contributed by atoms with E-state index in [-0.39, 0.29) is 5.56 Å². The van der Waals surface area contributed by atoms with E-state index in [2.05, 4.69) is 44.2 Å². The van der Waals surface area contributed by atoms with Crippen molar-refractivity contribution in [3.8, 4) is 0 Å². The maximum atomic E-state index is 15.3. The number of nitrogens with one attached hydrogen (secondary N) is 1. The summed E-state index contributed by atoms with van der Waals surface area (Å²) in [6.45, 7) is 7.08. The smallest absolute Gasteiger partial charge is 0.303 e. The van der Waals surface area contributed by atoms with Crippen molar-refractivity contribution < 1.29 is 18.3 Å². The van der Waals surface area contributed by atoms with E-state index in [1.165, 1.54) is 12.1 Å². The second kappa shape index (κ2) is 9.48. The summed E-state index contributed by atoms with van der Waals surface area (Å²) in [6, 6.07) is 5.48. The van der Waals surface area contributed by atoms with Crippen molar-refractivity contribution in [2.24, 2.45) is 0 Å². The van der Waals surface area contributed by atoms with Crippen molar-refractivity contribution in [2.45, 2.75) is 57.7 Å². The third kappa shape index (κ3) is 4.84. The molecule has 1 fully saturated rings. The number of nitrogens with zero attached hydrogens (tertiary/aromatic N) is 5. The van der Waals surface area contributed by atoms with Crippen molar-refractivity contribution in [1.29, 1.82) is 0 Å².